The Morgan fingerprint density at radius 3 is 3.05 bits per heavy atom. The summed E-state index contributed by atoms with van der Waals surface area (Å²) in [5.41, 5.74) is 5.85. The highest BCUT2D eigenvalue weighted by molar-refractivity contribution is 7.10. The van der Waals surface area contributed by atoms with Gasteiger partial charge in [0.2, 0.25) is 5.91 Å². The van der Waals surface area contributed by atoms with Crippen LogP contribution in [0.5, 0.6) is 0 Å². The highest BCUT2D eigenvalue weighted by atomic mass is 32.1. The summed E-state index contributed by atoms with van der Waals surface area (Å²) in [6.07, 6.45) is 3.43. The summed E-state index contributed by atoms with van der Waals surface area (Å²) in [5.74, 6) is -0.0342. The predicted molar refractivity (Wildman–Crippen MR) is 79.6 cm³/mol. The number of nitrogens with zero attached hydrogens (tertiary/aromatic N) is 1. The molecule has 0 radical (unpaired) electrons. The number of ether oxygens (including phenoxy) is 1. The van der Waals surface area contributed by atoms with Gasteiger partial charge in [-0.1, -0.05) is 0 Å². The minimum atomic E-state index is -0.387. The van der Waals surface area contributed by atoms with Gasteiger partial charge in [-0.05, 0) is 24.8 Å². The predicted octanol–water partition coefficient (Wildman–Crippen LogP) is 1.58. The third kappa shape index (κ3) is 2.92. The molecule has 1 aliphatic heterocycles. The molecule has 1 aromatic rings. The van der Waals surface area contributed by atoms with Crippen LogP contribution in [0.15, 0.2) is 10.5 Å². The van der Waals surface area contributed by atoms with E-state index >= 15 is 0 Å². The van der Waals surface area contributed by atoms with Crippen molar-refractivity contribution in [2.75, 3.05) is 7.11 Å². The third-order valence-electron chi connectivity index (χ3n) is 3.87. The summed E-state index contributed by atoms with van der Waals surface area (Å²) in [6, 6.07) is 0.0945. The number of thiophene rings is 1. The molecule has 1 unspecified atom stereocenters. The number of rotatable bonds is 2. The van der Waals surface area contributed by atoms with Gasteiger partial charge in [-0.25, -0.2) is 10.2 Å². The van der Waals surface area contributed by atoms with Gasteiger partial charge in [0.05, 0.1) is 12.8 Å². The number of nitrogens with one attached hydrogen (secondary N) is 2. The molecule has 2 heterocycles. The van der Waals surface area contributed by atoms with E-state index in [0.717, 1.165) is 30.5 Å². The van der Waals surface area contributed by atoms with Gasteiger partial charge in [0, 0.05) is 34.7 Å². The van der Waals surface area contributed by atoms with Crippen molar-refractivity contribution in [3.05, 3.63) is 21.4 Å². The number of hydrogen-bond acceptors (Lipinski definition) is 5. The van der Waals surface area contributed by atoms with E-state index in [1.165, 1.54) is 17.6 Å². The maximum absolute atomic E-state index is 11.4. The summed E-state index contributed by atoms with van der Waals surface area (Å²) < 4.78 is 4.66. The first-order chi connectivity index (χ1) is 10.2. The molecule has 1 aliphatic carbocycles. The molecule has 0 fully saturated rings. The first kappa shape index (κ1) is 14.1. The molecule has 2 aliphatic rings. The van der Waals surface area contributed by atoms with Gasteiger partial charge in [-0.15, -0.1) is 11.3 Å². The Hall–Kier alpha value is -1.89. The maximum Gasteiger partial charge on any atom is 0.407 e. The van der Waals surface area contributed by atoms with Crippen LogP contribution in [0.4, 0.5) is 4.79 Å². The highest BCUT2D eigenvalue weighted by Crippen LogP contribution is 2.32. The summed E-state index contributed by atoms with van der Waals surface area (Å²) in [5, 5.41) is 9.16. The second-order valence-corrected chi connectivity index (χ2v) is 6.18. The Morgan fingerprint density at radius 1 is 1.48 bits per heavy atom. The molecule has 0 aromatic carbocycles. The molecule has 21 heavy (non-hydrogen) atoms. The molecule has 112 valence electrons. The average Bonchev–Trinajstić information content (AvgIpc) is 2.91. The number of amides is 2. The number of fused-ring (bicyclic) bond motifs is 1. The molecule has 2 N–H and O–H groups in total. The Kier molecular flexibility index (Phi) is 3.92. The van der Waals surface area contributed by atoms with Gasteiger partial charge in [0.25, 0.3) is 0 Å². The van der Waals surface area contributed by atoms with Crippen LogP contribution in [-0.4, -0.2) is 30.9 Å². The van der Waals surface area contributed by atoms with E-state index in [1.54, 1.807) is 11.3 Å². The first-order valence-electron chi connectivity index (χ1n) is 6.97. The van der Waals surface area contributed by atoms with Crippen LogP contribution >= 0.6 is 11.3 Å². The Balaban J connectivity index is 1.79. The normalized spacial score (nSPS) is 21.1. The molecule has 1 atom stereocenters. The molecule has 0 bridgehead atoms. The van der Waals surface area contributed by atoms with Crippen LogP contribution in [0.3, 0.4) is 0 Å². The minimum Gasteiger partial charge on any atom is -0.453 e. The van der Waals surface area contributed by atoms with Crippen LogP contribution in [0, 0.1) is 0 Å². The zero-order chi connectivity index (χ0) is 14.8. The number of alkyl carbamates (subject to hydrolysis) is 1. The van der Waals surface area contributed by atoms with Crippen LogP contribution in [0.25, 0.3) is 0 Å². The van der Waals surface area contributed by atoms with Crippen molar-refractivity contribution >= 4 is 29.0 Å². The van der Waals surface area contributed by atoms with Gasteiger partial charge < -0.3 is 10.1 Å². The van der Waals surface area contributed by atoms with Gasteiger partial charge in [0.1, 0.15) is 0 Å². The molecule has 6 nitrogen and oxygen atoms in total. The largest absolute Gasteiger partial charge is 0.453 e. The lowest BCUT2D eigenvalue weighted by Gasteiger charge is -2.24. The zero-order valence-electron chi connectivity index (χ0n) is 11.8. The van der Waals surface area contributed by atoms with E-state index in [1.807, 2.05) is 0 Å². The molecule has 7 heteroatoms. The van der Waals surface area contributed by atoms with Crippen molar-refractivity contribution in [2.45, 2.75) is 38.1 Å². The maximum atomic E-state index is 11.4. The molecular weight excluding hydrogens is 290 g/mol. The second-order valence-electron chi connectivity index (χ2n) is 5.22. The van der Waals surface area contributed by atoms with E-state index in [0.29, 0.717) is 12.8 Å². The SMILES string of the molecule is COC(=O)NC1CCc2scc(C3=NNC(=O)CC3)c2C1. The lowest BCUT2D eigenvalue weighted by Crippen LogP contribution is -2.38. The molecule has 0 spiro atoms. The molecule has 2 amide bonds. The number of hydrazone groups is 1. The number of hydrogen-bond donors (Lipinski definition) is 2. The summed E-state index contributed by atoms with van der Waals surface area (Å²) >= 11 is 1.74. The van der Waals surface area contributed by atoms with E-state index in [2.05, 4.69) is 26.0 Å². The van der Waals surface area contributed by atoms with Gasteiger partial charge in [-0.3, -0.25) is 4.79 Å². The minimum absolute atomic E-state index is 0.0342. The average molecular weight is 307 g/mol. The summed E-state index contributed by atoms with van der Waals surface area (Å²) in [4.78, 5) is 23.9. The fourth-order valence-corrected chi connectivity index (χ4v) is 3.88. The summed E-state index contributed by atoms with van der Waals surface area (Å²) in [7, 11) is 1.37. The van der Waals surface area contributed by atoms with Crippen molar-refractivity contribution in [1.82, 2.24) is 10.7 Å². The van der Waals surface area contributed by atoms with Crippen LogP contribution in [0.2, 0.25) is 0 Å². The Morgan fingerprint density at radius 2 is 2.33 bits per heavy atom. The van der Waals surface area contributed by atoms with Gasteiger partial charge in [-0.2, -0.15) is 5.10 Å². The smallest absolute Gasteiger partial charge is 0.407 e. The van der Waals surface area contributed by atoms with E-state index in [4.69, 9.17) is 0 Å². The molecular formula is C14H17N3O3S. The van der Waals surface area contributed by atoms with Crippen molar-refractivity contribution in [2.24, 2.45) is 5.10 Å². The topological polar surface area (TPSA) is 79.8 Å². The number of carbonyl (C=O) groups excluding carboxylic acids is 2. The highest BCUT2D eigenvalue weighted by Gasteiger charge is 2.26. The van der Waals surface area contributed by atoms with E-state index in [-0.39, 0.29) is 18.0 Å². The fraction of sp³-hybridized carbons (Fsp3) is 0.500. The van der Waals surface area contributed by atoms with Crippen molar-refractivity contribution in [3.8, 4) is 0 Å². The fourth-order valence-electron chi connectivity index (χ4n) is 2.77. The Labute approximate surface area is 126 Å². The molecule has 1 aromatic heterocycles. The number of carbonyl (C=O) groups is 2. The molecule has 0 saturated heterocycles. The monoisotopic (exact) mass is 307 g/mol. The lowest BCUT2D eigenvalue weighted by molar-refractivity contribution is -0.121. The lowest BCUT2D eigenvalue weighted by atomic mass is 9.89. The first-order valence-corrected chi connectivity index (χ1v) is 7.85. The van der Waals surface area contributed by atoms with Crippen LogP contribution in [-0.2, 0) is 22.4 Å². The van der Waals surface area contributed by atoms with Crippen LogP contribution in [0.1, 0.15) is 35.3 Å². The summed E-state index contributed by atoms with van der Waals surface area (Å²) in [6.45, 7) is 0. The molecule has 0 saturated carbocycles. The second kappa shape index (κ2) is 5.85. The van der Waals surface area contributed by atoms with E-state index in [9.17, 15) is 9.59 Å². The quantitative estimate of drug-likeness (QED) is 0.870. The van der Waals surface area contributed by atoms with Crippen molar-refractivity contribution in [1.29, 1.82) is 0 Å². The third-order valence-corrected chi connectivity index (χ3v) is 4.96. The Bertz CT molecular complexity index is 609. The number of aryl methyl sites for hydroxylation is 1. The zero-order valence-corrected chi connectivity index (χ0v) is 12.6. The van der Waals surface area contributed by atoms with Crippen LogP contribution < -0.4 is 10.7 Å². The van der Waals surface area contributed by atoms with Crippen molar-refractivity contribution < 1.29 is 14.3 Å². The number of methoxy groups -OCH3 is 1. The standard InChI is InChI=1S/C14H17N3O3S/c1-20-14(19)15-8-2-4-12-9(6-8)10(7-21-12)11-3-5-13(18)17-16-11/h7-8H,2-6H2,1H3,(H,15,19)(H,17,18). The molecule has 3 rings (SSSR count). The van der Waals surface area contributed by atoms with E-state index < -0.39 is 0 Å². The van der Waals surface area contributed by atoms with Gasteiger partial charge >= 0.3 is 6.09 Å². The van der Waals surface area contributed by atoms with Crippen molar-refractivity contribution in [3.63, 3.8) is 0 Å². The van der Waals surface area contributed by atoms with Gasteiger partial charge in [0.15, 0.2) is 0 Å².